The highest BCUT2D eigenvalue weighted by Gasteiger charge is 2.09. The predicted molar refractivity (Wildman–Crippen MR) is 80.3 cm³/mol. The molecule has 2 aromatic rings. The highest BCUT2D eigenvalue weighted by Crippen LogP contribution is 2.31. The van der Waals surface area contributed by atoms with E-state index in [4.69, 9.17) is 14.7 Å². The van der Waals surface area contributed by atoms with Gasteiger partial charge in [-0.25, -0.2) is 0 Å². The molecule has 0 fully saturated rings. The molecular weight excluding hydrogens is 266 g/mol. The van der Waals surface area contributed by atoms with E-state index in [2.05, 4.69) is 0 Å². The molecule has 0 spiro atoms. The van der Waals surface area contributed by atoms with Gasteiger partial charge < -0.3 is 14.6 Å². The van der Waals surface area contributed by atoms with Crippen molar-refractivity contribution in [2.75, 3.05) is 14.2 Å². The summed E-state index contributed by atoms with van der Waals surface area (Å²) in [6.45, 7) is 0. The van der Waals surface area contributed by atoms with Crippen LogP contribution >= 0.6 is 0 Å². The maximum atomic E-state index is 9.62. The van der Waals surface area contributed by atoms with Crippen molar-refractivity contribution in [3.63, 3.8) is 0 Å². The molecule has 0 heterocycles. The van der Waals surface area contributed by atoms with E-state index in [-0.39, 0.29) is 5.75 Å². The lowest BCUT2D eigenvalue weighted by Gasteiger charge is -2.11. The third kappa shape index (κ3) is 3.34. The molecule has 4 heteroatoms. The van der Waals surface area contributed by atoms with Gasteiger partial charge in [-0.15, -0.1) is 0 Å². The van der Waals surface area contributed by atoms with Crippen molar-refractivity contribution in [3.8, 4) is 23.3 Å². The summed E-state index contributed by atoms with van der Waals surface area (Å²) in [5.74, 6) is 1.41. The fourth-order valence-electron chi connectivity index (χ4n) is 2.03. The van der Waals surface area contributed by atoms with Crippen molar-refractivity contribution >= 4 is 5.57 Å². The van der Waals surface area contributed by atoms with Crippen molar-refractivity contribution in [1.82, 2.24) is 0 Å². The molecule has 0 aliphatic heterocycles. The monoisotopic (exact) mass is 281 g/mol. The van der Waals surface area contributed by atoms with Crippen LogP contribution < -0.4 is 9.47 Å². The van der Waals surface area contributed by atoms with Crippen LogP contribution in [0.2, 0.25) is 0 Å². The Balaban J connectivity index is 2.59. The van der Waals surface area contributed by atoms with Crippen molar-refractivity contribution in [1.29, 1.82) is 5.26 Å². The molecule has 0 unspecified atom stereocenters. The number of benzene rings is 2. The number of allylic oxidation sites excluding steroid dienone is 1. The summed E-state index contributed by atoms with van der Waals surface area (Å²) in [4.78, 5) is 0. The van der Waals surface area contributed by atoms with E-state index in [0.717, 1.165) is 11.1 Å². The summed E-state index contributed by atoms with van der Waals surface area (Å²) in [6, 6.07) is 14.2. The lowest BCUT2D eigenvalue weighted by atomic mass is 9.97. The Morgan fingerprint density at radius 1 is 1.05 bits per heavy atom. The molecular formula is C17H15NO3. The standard InChI is InChI=1S/C17H15NO3/c1-20-15-9-13(10-16(11-15)21-2)17(6-7-18)12-4-3-5-14(19)8-12/h3-6,8-11,19H,1-2H3/b17-6+. The van der Waals surface area contributed by atoms with E-state index >= 15 is 0 Å². The second-order valence-electron chi connectivity index (χ2n) is 4.34. The van der Waals surface area contributed by atoms with Crippen LogP contribution in [0.4, 0.5) is 0 Å². The Hall–Kier alpha value is -2.93. The molecule has 106 valence electrons. The van der Waals surface area contributed by atoms with Gasteiger partial charge in [-0.3, -0.25) is 0 Å². The highest BCUT2D eigenvalue weighted by molar-refractivity contribution is 5.82. The number of hydrogen-bond acceptors (Lipinski definition) is 4. The Morgan fingerprint density at radius 3 is 2.24 bits per heavy atom. The van der Waals surface area contributed by atoms with Gasteiger partial charge in [-0.2, -0.15) is 5.26 Å². The average Bonchev–Trinajstić information content (AvgIpc) is 2.52. The van der Waals surface area contributed by atoms with Gasteiger partial charge in [0.05, 0.1) is 20.3 Å². The minimum Gasteiger partial charge on any atom is -0.508 e. The topological polar surface area (TPSA) is 62.5 Å². The van der Waals surface area contributed by atoms with Gasteiger partial charge in [0.15, 0.2) is 0 Å². The summed E-state index contributed by atoms with van der Waals surface area (Å²) in [7, 11) is 3.14. The first-order valence-electron chi connectivity index (χ1n) is 6.30. The average molecular weight is 281 g/mol. The molecule has 0 aromatic heterocycles. The van der Waals surface area contributed by atoms with E-state index in [9.17, 15) is 5.11 Å². The largest absolute Gasteiger partial charge is 0.508 e. The molecule has 0 bridgehead atoms. The molecule has 4 nitrogen and oxygen atoms in total. The predicted octanol–water partition coefficient (Wildman–Crippen LogP) is 3.36. The second kappa shape index (κ2) is 6.49. The number of phenols is 1. The fraction of sp³-hybridized carbons (Fsp3) is 0.118. The molecule has 2 rings (SSSR count). The third-order valence-corrected chi connectivity index (χ3v) is 3.03. The number of rotatable bonds is 4. The number of nitriles is 1. The summed E-state index contributed by atoms with van der Waals surface area (Å²) in [5, 5.41) is 18.6. The number of aromatic hydroxyl groups is 1. The quantitative estimate of drug-likeness (QED) is 0.873. The smallest absolute Gasteiger partial charge is 0.123 e. The van der Waals surface area contributed by atoms with Crippen LogP contribution in [0.1, 0.15) is 11.1 Å². The SMILES string of the molecule is COc1cc(OC)cc(/C(=C/C#N)c2cccc(O)c2)c1. The van der Waals surface area contributed by atoms with Gasteiger partial charge >= 0.3 is 0 Å². The Morgan fingerprint density at radius 2 is 1.71 bits per heavy atom. The first-order chi connectivity index (χ1) is 10.2. The van der Waals surface area contributed by atoms with E-state index < -0.39 is 0 Å². The maximum Gasteiger partial charge on any atom is 0.123 e. The normalized spacial score (nSPS) is 10.8. The first-order valence-corrected chi connectivity index (χ1v) is 6.30. The third-order valence-electron chi connectivity index (χ3n) is 3.03. The van der Waals surface area contributed by atoms with Crippen molar-refractivity contribution in [3.05, 3.63) is 59.7 Å². The Labute approximate surface area is 123 Å². The molecule has 0 amide bonds. The van der Waals surface area contributed by atoms with Crippen LogP contribution in [0.5, 0.6) is 17.2 Å². The highest BCUT2D eigenvalue weighted by atomic mass is 16.5. The van der Waals surface area contributed by atoms with Crippen molar-refractivity contribution in [2.45, 2.75) is 0 Å². The van der Waals surface area contributed by atoms with E-state index in [1.165, 1.54) is 6.08 Å². The van der Waals surface area contributed by atoms with Crippen molar-refractivity contribution < 1.29 is 14.6 Å². The van der Waals surface area contributed by atoms with Gasteiger partial charge in [-0.1, -0.05) is 12.1 Å². The molecule has 0 aliphatic carbocycles. The second-order valence-corrected chi connectivity index (χ2v) is 4.34. The van der Waals surface area contributed by atoms with E-state index in [1.807, 2.05) is 24.3 Å². The van der Waals surface area contributed by atoms with Gasteiger partial charge in [0, 0.05) is 12.1 Å². The van der Waals surface area contributed by atoms with Crippen molar-refractivity contribution in [2.24, 2.45) is 0 Å². The van der Waals surface area contributed by atoms with Crippen LogP contribution in [-0.2, 0) is 0 Å². The number of phenolic OH excluding ortho intramolecular Hbond substituents is 1. The zero-order chi connectivity index (χ0) is 15.2. The Bertz CT molecular complexity index is 692. The maximum absolute atomic E-state index is 9.62. The van der Waals surface area contributed by atoms with Gasteiger partial charge in [0.2, 0.25) is 0 Å². The van der Waals surface area contributed by atoms with Gasteiger partial charge in [-0.05, 0) is 41.0 Å². The molecule has 0 saturated carbocycles. The van der Waals surface area contributed by atoms with Gasteiger partial charge in [0.25, 0.3) is 0 Å². The molecule has 0 atom stereocenters. The number of ether oxygens (including phenoxy) is 2. The zero-order valence-corrected chi connectivity index (χ0v) is 11.8. The molecule has 0 saturated heterocycles. The molecule has 0 radical (unpaired) electrons. The van der Waals surface area contributed by atoms with E-state index in [0.29, 0.717) is 17.1 Å². The minimum absolute atomic E-state index is 0.145. The summed E-state index contributed by atoms with van der Waals surface area (Å²) >= 11 is 0. The number of hydrogen-bond donors (Lipinski definition) is 1. The lowest BCUT2D eigenvalue weighted by molar-refractivity contribution is 0.394. The zero-order valence-electron chi connectivity index (χ0n) is 11.8. The minimum atomic E-state index is 0.145. The van der Waals surface area contributed by atoms with Gasteiger partial charge in [0.1, 0.15) is 17.2 Å². The molecule has 21 heavy (non-hydrogen) atoms. The molecule has 1 N–H and O–H groups in total. The molecule has 2 aromatic carbocycles. The summed E-state index contributed by atoms with van der Waals surface area (Å²) in [6.07, 6.45) is 1.43. The fourth-order valence-corrected chi connectivity index (χ4v) is 2.03. The van der Waals surface area contributed by atoms with E-state index in [1.54, 1.807) is 38.5 Å². The van der Waals surface area contributed by atoms with Crippen LogP contribution in [0, 0.1) is 11.3 Å². The summed E-state index contributed by atoms with van der Waals surface area (Å²) in [5.41, 5.74) is 2.20. The number of nitrogens with zero attached hydrogens (tertiary/aromatic N) is 1. The molecule has 0 aliphatic rings. The van der Waals surface area contributed by atoms with Crippen LogP contribution in [0.25, 0.3) is 5.57 Å². The summed E-state index contributed by atoms with van der Waals surface area (Å²) < 4.78 is 10.5. The van der Waals surface area contributed by atoms with Crippen LogP contribution in [0.15, 0.2) is 48.5 Å². The van der Waals surface area contributed by atoms with Crippen LogP contribution in [0.3, 0.4) is 0 Å². The lowest BCUT2D eigenvalue weighted by Crippen LogP contribution is -1.93. The Kier molecular flexibility index (Phi) is 4.47. The first kappa shape index (κ1) is 14.5. The number of methoxy groups -OCH3 is 2. The van der Waals surface area contributed by atoms with Crippen LogP contribution in [-0.4, -0.2) is 19.3 Å².